The lowest BCUT2D eigenvalue weighted by atomic mass is 9.94. The van der Waals surface area contributed by atoms with Gasteiger partial charge in [-0.2, -0.15) is 0 Å². The molecule has 1 saturated heterocycles. The van der Waals surface area contributed by atoms with E-state index in [1.807, 2.05) is 7.05 Å². The Kier molecular flexibility index (Phi) is 5.33. The first-order valence-corrected chi connectivity index (χ1v) is 7.91. The van der Waals surface area contributed by atoms with Crippen LogP contribution in [-0.4, -0.2) is 47.4 Å². The molecule has 0 saturated carbocycles. The van der Waals surface area contributed by atoms with Crippen LogP contribution in [0, 0.1) is 0 Å². The smallest absolute Gasteiger partial charge is 0.0928 e. The van der Waals surface area contributed by atoms with Crippen LogP contribution in [0.3, 0.4) is 0 Å². The SMILES string of the molecule is CCCc1nc(CN(C)CC2(O)CCOCC2)cs1. The van der Waals surface area contributed by atoms with Crippen molar-refractivity contribution in [2.75, 3.05) is 26.8 Å². The zero-order valence-electron chi connectivity index (χ0n) is 11.9. The highest BCUT2D eigenvalue weighted by atomic mass is 32.1. The lowest BCUT2D eigenvalue weighted by molar-refractivity contribution is -0.0778. The summed E-state index contributed by atoms with van der Waals surface area (Å²) >= 11 is 1.74. The average molecular weight is 284 g/mol. The van der Waals surface area contributed by atoms with Crippen molar-refractivity contribution in [3.05, 3.63) is 16.1 Å². The molecule has 0 spiro atoms. The fraction of sp³-hybridized carbons (Fsp3) is 0.786. The van der Waals surface area contributed by atoms with Crippen molar-refractivity contribution >= 4 is 11.3 Å². The summed E-state index contributed by atoms with van der Waals surface area (Å²) in [5.74, 6) is 0. The van der Waals surface area contributed by atoms with Crippen LogP contribution in [0.2, 0.25) is 0 Å². The lowest BCUT2D eigenvalue weighted by Crippen LogP contribution is -2.45. The standard InChI is InChI=1S/C14H24N2O2S/c1-3-4-13-15-12(10-19-13)9-16(2)11-14(17)5-7-18-8-6-14/h10,17H,3-9,11H2,1-2H3. The predicted molar refractivity (Wildman–Crippen MR) is 77.4 cm³/mol. The van der Waals surface area contributed by atoms with Crippen molar-refractivity contribution in [2.45, 2.75) is 44.8 Å². The number of hydrogen-bond donors (Lipinski definition) is 1. The van der Waals surface area contributed by atoms with E-state index in [0.717, 1.165) is 37.9 Å². The largest absolute Gasteiger partial charge is 0.388 e. The maximum absolute atomic E-state index is 10.5. The van der Waals surface area contributed by atoms with Crippen molar-refractivity contribution < 1.29 is 9.84 Å². The van der Waals surface area contributed by atoms with Crippen LogP contribution in [0.25, 0.3) is 0 Å². The average Bonchev–Trinajstić information content (AvgIpc) is 2.77. The van der Waals surface area contributed by atoms with Crippen LogP contribution in [0.15, 0.2) is 5.38 Å². The molecule has 0 atom stereocenters. The van der Waals surface area contributed by atoms with Gasteiger partial charge in [0.1, 0.15) is 0 Å². The second kappa shape index (κ2) is 6.79. The van der Waals surface area contributed by atoms with E-state index in [1.165, 1.54) is 5.01 Å². The van der Waals surface area contributed by atoms with Crippen molar-refractivity contribution in [3.8, 4) is 0 Å². The van der Waals surface area contributed by atoms with E-state index >= 15 is 0 Å². The molecule has 1 N–H and O–H groups in total. The van der Waals surface area contributed by atoms with Gasteiger partial charge >= 0.3 is 0 Å². The first-order chi connectivity index (χ1) is 9.11. The molecule has 0 aliphatic carbocycles. The number of ether oxygens (including phenoxy) is 1. The van der Waals surface area contributed by atoms with Crippen LogP contribution in [-0.2, 0) is 17.7 Å². The lowest BCUT2D eigenvalue weighted by Gasteiger charge is -2.35. The zero-order chi connectivity index (χ0) is 13.7. The van der Waals surface area contributed by atoms with Gasteiger partial charge in [-0.25, -0.2) is 4.98 Å². The van der Waals surface area contributed by atoms with Gasteiger partial charge in [0, 0.05) is 44.5 Å². The molecule has 1 aliphatic heterocycles. The number of nitrogens with zero attached hydrogens (tertiary/aromatic N) is 2. The molecule has 5 heteroatoms. The molecule has 0 bridgehead atoms. The first-order valence-electron chi connectivity index (χ1n) is 7.03. The molecule has 2 rings (SSSR count). The van der Waals surface area contributed by atoms with Crippen molar-refractivity contribution in [3.63, 3.8) is 0 Å². The Morgan fingerprint density at radius 3 is 2.89 bits per heavy atom. The van der Waals surface area contributed by atoms with E-state index in [-0.39, 0.29) is 0 Å². The van der Waals surface area contributed by atoms with Gasteiger partial charge in [-0.1, -0.05) is 6.92 Å². The van der Waals surface area contributed by atoms with E-state index in [2.05, 4.69) is 22.2 Å². The molecule has 2 heterocycles. The monoisotopic (exact) mass is 284 g/mol. The summed E-state index contributed by atoms with van der Waals surface area (Å²) in [5, 5.41) is 13.8. The molecule has 0 radical (unpaired) electrons. The first kappa shape index (κ1) is 14.9. The van der Waals surface area contributed by atoms with Crippen LogP contribution in [0.5, 0.6) is 0 Å². The molecular formula is C14H24N2O2S. The third-order valence-electron chi connectivity index (χ3n) is 3.48. The van der Waals surface area contributed by atoms with Gasteiger partial charge in [0.15, 0.2) is 0 Å². The topological polar surface area (TPSA) is 45.6 Å². The second-order valence-corrected chi connectivity index (χ2v) is 6.43. The van der Waals surface area contributed by atoms with Crippen LogP contribution < -0.4 is 0 Å². The fourth-order valence-electron chi connectivity index (χ4n) is 2.49. The molecule has 19 heavy (non-hydrogen) atoms. The fourth-order valence-corrected chi connectivity index (χ4v) is 3.39. The minimum absolute atomic E-state index is 0.588. The van der Waals surface area contributed by atoms with E-state index in [0.29, 0.717) is 19.8 Å². The number of rotatable bonds is 6. The molecule has 0 aromatic carbocycles. The van der Waals surface area contributed by atoms with Gasteiger partial charge in [0.05, 0.1) is 16.3 Å². The van der Waals surface area contributed by atoms with Gasteiger partial charge in [0.25, 0.3) is 0 Å². The highest BCUT2D eigenvalue weighted by molar-refractivity contribution is 7.09. The minimum atomic E-state index is -0.588. The Bertz CT molecular complexity index is 389. The molecule has 0 unspecified atom stereocenters. The summed E-state index contributed by atoms with van der Waals surface area (Å²) in [6.07, 6.45) is 3.67. The Balaban J connectivity index is 1.84. The quantitative estimate of drug-likeness (QED) is 0.868. The number of aryl methyl sites for hydroxylation is 1. The van der Waals surface area contributed by atoms with E-state index in [9.17, 15) is 5.11 Å². The predicted octanol–water partition coefficient (Wildman–Crippen LogP) is 2.07. The second-order valence-electron chi connectivity index (χ2n) is 5.49. The molecule has 1 aliphatic rings. The van der Waals surface area contributed by atoms with Gasteiger partial charge < -0.3 is 9.84 Å². The Hall–Kier alpha value is -0.490. The molecule has 0 amide bonds. The van der Waals surface area contributed by atoms with Gasteiger partial charge in [-0.3, -0.25) is 4.90 Å². The number of likely N-dealkylation sites (N-methyl/N-ethyl adjacent to an activating group) is 1. The summed E-state index contributed by atoms with van der Waals surface area (Å²) < 4.78 is 5.31. The highest BCUT2D eigenvalue weighted by Gasteiger charge is 2.31. The Morgan fingerprint density at radius 1 is 1.47 bits per heavy atom. The van der Waals surface area contributed by atoms with Crippen molar-refractivity contribution in [1.82, 2.24) is 9.88 Å². The Morgan fingerprint density at radius 2 is 2.21 bits per heavy atom. The summed E-state index contributed by atoms with van der Waals surface area (Å²) in [6, 6.07) is 0. The molecule has 1 aromatic rings. The van der Waals surface area contributed by atoms with Gasteiger partial charge in [0.2, 0.25) is 0 Å². The minimum Gasteiger partial charge on any atom is -0.388 e. The van der Waals surface area contributed by atoms with E-state index < -0.39 is 5.60 Å². The van der Waals surface area contributed by atoms with E-state index in [1.54, 1.807) is 11.3 Å². The maximum atomic E-state index is 10.5. The molecule has 4 nitrogen and oxygen atoms in total. The van der Waals surface area contributed by atoms with Crippen molar-refractivity contribution in [1.29, 1.82) is 0 Å². The zero-order valence-corrected chi connectivity index (χ0v) is 12.7. The third kappa shape index (κ3) is 4.53. The summed E-state index contributed by atoms with van der Waals surface area (Å²) in [7, 11) is 2.05. The van der Waals surface area contributed by atoms with Crippen LogP contribution >= 0.6 is 11.3 Å². The number of hydrogen-bond acceptors (Lipinski definition) is 5. The third-order valence-corrected chi connectivity index (χ3v) is 4.44. The van der Waals surface area contributed by atoms with Gasteiger partial charge in [-0.15, -0.1) is 11.3 Å². The summed E-state index contributed by atoms with van der Waals surface area (Å²) in [4.78, 5) is 6.79. The normalized spacial score (nSPS) is 18.9. The molecule has 1 fully saturated rings. The highest BCUT2D eigenvalue weighted by Crippen LogP contribution is 2.22. The summed E-state index contributed by atoms with van der Waals surface area (Å²) in [6.45, 7) is 5.01. The van der Waals surface area contributed by atoms with Crippen LogP contribution in [0.4, 0.5) is 0 Å². The molecule has 1 aromatic heterocycles. The van der Waals surface area contributed by atoms with Gasteiger partial charge in [-0.05, 0) is 19.9 Å². The number of aliphatic hydroxyl groups is 1. The molecular weight excluding hydrogens is 260 g/mol. The van der Waals surface area contributed by atoms with Crippen LogP contribution in [0.1, 0.15) is 36.9 Å². The maximum Gasteiger partial charge on any atom is 0.0928 e. The summed E-state index contributed by atoms with van der Waals surface area (Å²) in [5.41, 5.74) is 0.529. The number of aromatic nitrogens is 1. The Labute approximate surface area is 119 Å². The van der Waals surface area contributed by atoms with E-state index in [4.69, 9.17) is 4.74 Å². The van der Waals surface area contributed by atoms with Crippen molar-refractivity contribution in [2.24, 2.45) is 0 Å². The number of thiazole rings is 1. The molecule has 108 valence electrons.